The van der Waals surface area contributed by atoms with Gasteiger partial charge in [-0.1, -0.05) is 19.1 Å². The number of rotatable bonds is 6. The lowest BCUT2D eigenvalue weighted by molar-refractivity contribution is -0.139. The van der Waals surface area contributed by atoms with Gasteiger partial charge in [-0.05, 0) is 24.1 Å². The van der Waals surface area contributed by atoms with Crippen LogP contribution in [0.2, 0.25) is 0 Å². The zero-order valence-corrected chi connectivity index (χ0v) is 11.9. The molecule has 1 atom stereocenters. The minimum Gasteiger partial charge on any atom is -0.497 e. The number of hydrogen-bond acceptors (Lipinski definition) is 3. The predicted octanol–water partition coefficient (Wildman–Crippen LogP) is 1.70. The Labute approximate surface area is 118 Å². The minimum absolute atomic E-state index is 0.345. The molecular formula is C14H20N2O4. The number of ether oxygens (including phenoxy) is 1. The second-order valence-corrected chi connectivity index (χ2v) is 4.45. The van der Waals surface area contributed by atoms with Crippen LogP contribution in [0.5, 0.6) is 5.75 Å². The largest absolute Gasteiger partial charge is 0.497 e. The third-order valence-corrected chi connectivity index (χ3v) is 2.93. The summed E-state index contributed by atoms with van der Waals surface area (Å²) >= 11 is 0. The highest BCUT2D eigenvalue weighted by Crippen LogP contribution is 2.12. The zero-order chi connectivity index (χ0) is 15.1. The lowest BCUT2D eigenvalue weighted by Gasteiger charge is -2.21. The Hall–Kier alpha value is -2.24. The molecule has 20 heavy (non-hydrogen) atoms. The highest BCUT2D eigenvalue weighted by molar-refractivity contribution is 5.82. The first kappa shape index (κ1) is 15.8. The van der Waals surface area contributed by atoms with E-state index >= 15 is 0 Å². The van der Waals surface area contributed by atoms with E-state index in [4.69, 9.17) is 9.84 Å². The third-order valence-electron chi connectivity index (χ3n) is 2.93. The van der Waals surface area contributed by atoms with Crippen LogP contribution in [0.15, 0.2) is 24.3 Å². The molecule has 0 radical (unpaired) electrons. The van der Waals surface area contributed by atoms with Crippen LogP contribution in [0.25, 0.3) is 0 Å². The van der Waals surface area contributed by atoms with Gasteiger partial charge in [0, 0.05) is 13.6 Å². The van der Waals surface area contributed by atoms with Crippen LogP contribution in [-0.2, 0) is 11.3 Å². The fourth-order valence-electron chi connectivity index (χ4n) is 1.67. The number of nitrogens with one attached hydrogen (secondary N) is 1. The molecule has 110 valence electrons. The number of aliphatic carboxylic acids is 1. The van der Waals surface area contributed by atoms with Crippen molar-refractivity contribution >= 4 is 12.0 Å². The average molecular weight is 280 g/mol. The molecule has 0 saturated carbocycles. The second-order valence-electron chi connectivity index (χ2n) is 4.45. The number of carbonyl (C=O) groups excluding carboxylic acids is 1. The molecule has 2 amide bonds. The van der Waals surface area contributed by atoms with Crippen LogP contribution in [0.3, 0.4) is 0 Å². The lowest BCUT2D eigenvalue weighted by Crippen LogP contribution is -2.46. The summed E-state index contributed by atoms with van der Waals surface area (Å²) in [6.45, 7) is 2.11. The number of nitrogens with zero attached hydrogens (tertiary/aromatic N) is 1. The van der Waals surface area contributed by atoms with Crippen molar-refractivity contribution in [1.82, 2.24) is 10.2 Å². The van der Waals surface area contributed by atoms with Gasteiger partial charge >= 0.3 is 12.0 Å². The van der Waals surface area contributed by atoms with Crippen molar-refractivity contribution in [2.24, 2.45) is 0 Å². The number of hydrogen-bond donors (Lipinski definition) is 2. The van der Waals surface area contributed by atoms with Crippen LogP contribution in [0, 0.1) is 0 Å². The van der Waals surface area contributed by atoms with E-state index in [9.17, 15) is 9.59 Å². The number of carboxylic acid groups (broad SMARTS) is 1. The van der Waals surface area contributed by atoms with Gasteiger partial charge < -0.3 is 20.1 Å². The highest BCUT2D eigenvalue weighted by Gasteiger charge is 2.19. The maximum Gasteiger partial charge on any atom is 0.326 e. The Morgan fingerprint density at radius 1 is 1.35 bits per heavy atom. The molecule has 0 fully saturated rings. The van der Waals surface area contributed by atoms with E-state index in [0.29, 0.717) is 13.0 Å². The molecule has 0 spiro atoms. The first-order valence-corrected chi connectivity index (χ1v) is 6.35. The molecule has 0 heterocycles. The Morgan fingerprint density at radius 2 is 1.95 bits per heavy atom. The minimum atomic E-state index is -1.03. The molecule has 0 aliphatic carbocycles. The number of methoxy groups -OCH3 is 1. The van der Waals surface area contributed by atoms with Crippen LogP contribution in [0.4, 0.5) is 4.79 Å². The van der Waals surface area contributed by atoms with Crippen molar-refractivity contribution in [3.63, 3.8) is 0 Å². The third kappa shape index (κ3) is 4.46. The highest BCUT2D eigenvalue weighted by atomic mass is 16.5. The summed E-state index contributed by atoms with van der Waals surface area (Å²) in [5.41, 5.74) is 0.937. The molecule has 2 N–H and O–H groups in total. The van der Waals surface area contributed by atoms with Crippen molar-refractivity contribution in [2.45, 2.75) is 25.9 Å². The van der Waals surface area contributed by atoms with Crippen molar-refractivity contribution in [2.75, 3.05) is 14.2 Å². The summed E-state index contributed by atoms with van der Waals surface area (Å²) in [6.07, 6.45) is 0.345. The van der Waals surface area contributed by atoms with Crippen LogP contribution in [0.1, 0.15) is 18.9 Å². The molecule has 1 aromatic carbocycles. The van der Waals surface area contributed by atoms with Gasteiger partial charge in [-0.15, -0.1) is 0 Å². The molecule has 1 aromatic rings. The smallest absolute Gasteiger partial charge is 0.326 e. The molecule has 0 bridgehead atoms. The van der Waals surface area contributed by atoms with Gasteiger partial charge in [0.2, 0.25) is 0 Å². The van der Waals surface area contributed by atoms with Gasteiger partial charge in [0.25, 0.3) is 0 Å². The number of carbonyl (C=O) groups is 2. The number of benzene rings is 1. The van der Waals surface area contributed by atoms with Gasteiger partial charge in [0.15, 0.2) is 0 Å². The first-order valence-electron chi connectivity index (χ1n) is 6.35. The van der Waals surface area contributed by atoms with E-state index in [1.807, 2.05) is 24.3 Å². The summed E-state index contributed by atoms with van der Waals surface area (Å²) in [5, 5.41) is 11.4. The van der Waals surface area contributed by atoms with Crippen LogP contribution >= 0.6 is 0 Å². The molecule has 0 saturated heterocycles. The maximum absolute atomic E-state index is 11.9. The van der Waals surface area contributed by atoms with E-state index in [0.717, 1.165) is 11.3 Å². The number of urea groups is 1. The zero-order valence-electron chi connectivity index (χ0n) is 11.9. The van der Waals surface area contributed by atoms with E-state index in [-0.39, 0.29) is 0 Å². The van der Waals surface area contributed by atoms with E-state index in [2.05, 4.69) is 5.32 Å². The summed E-state index contributed by atoms with van der Waals surface area (Å²) in [6, 6.07) is 6.07. The normalized spacial score (nSPS) is 11.6. The monoisotopic (exact) mass is 280 g/mol. The van der Waals surface area contributed by atoms with Gasteiger partial charge in [-0.3, -0.25) is 0 Å². The van der Waals surface area contributed by atoms with Crippen LogP contribution < -0.4 is 10.1 Å². The van der Waals surface area contributed by atoms with E-state index in [1.54, 1.807) is 21.1 Å². The van der Waals surface area contributed by atoms with Gasteiger partial charge in [-0.2, -0.15) is 0 Å². The van der Waals surface area contributed by atoms with Crippen molar-refractivity contribution in [3.05, 3.63) is 29.8 Å². The fourth-order valence-corrected chi connectivity index (χ4v) is 1.67. The quantitative estimate of drug-likeness (QED) is 0.831. The SMILES string of the molecule is CC[C@@H](NC(=O)N(C)Cc1ccc(OC)cc1)C(=O)O. The van der Waals surface area contributed by atoms with Gasteiger partial charge in [0.1, 0.15) is 11.8 Å². The van der Waals surface area contributed by atoms with Gasteiger partial charge in [0.05, 0.1) is 7.11 Å². The fraction of sp³-hybridized carbons (Fsp3) is 0.429. The summed E-state index contributed by atoms with van der Waals surface area (Å²) in [4.78, 5) is 24.2. The molecule has 6 nitrogen and oxygen atoms in total. The Morgan fingerprint density at radius 3 is 2.40 bits per heavy atom. The van der Waals surface area contributed by atoms with E-state index in [1.165, 1.54) is 4.90 Å². The van der Waals surface area contributed by atoms with Crippen molar-refractivity contribution < 1.29 is 19.4 Å². The van der Waals surface area contributed by atoms with E-state index < -0.39 is 18.0 Å². The number of amides is 2. The molecule has 1 rings (SSSR count). The first-order chi connectivity index (χ1) is 9.47. The molecule has 0 aliphatic heterocycles. The predicted molar refractivity (Wildman–Crippen MR) is 74.7 cm³/mol. The number of carboxylic acids is 1. The lowest BCUT2D eigenvalue weighted by atomic mass is 10.2. The molecule has 0 unspecified atom stereocenters. The summed E-state index contributed by atoms with van der Waals surface area (Å²) < 4.78 is 5.06. The molecule has 0 aliphatic rings. The topological polar surface area (TPSA) is 78.9 Å². The maximum atomic E-state index is 11.9. The molecular weight excluding hydrogens is 260 g/mol. The molecule has 0 aromatic heterocycles. The Balaban J connectivity index is 2.58. The summed E-state index contributed by atoms with van der Waals surface area (Å²) in [7, 11) is 3.21. The van der Waals surface area contributed by atoms with Gasteiger partial charge in [-0.25, -0.2) is 9.59 Å². The van der Waals surface area contributed by atoms with Crippen molar-refractivity contribution in [3.8, 4) is 5.75 Å². The van der Waals surface area contributed by atoms with Crippen LogP contribution in [-0.4, -0.2) is 42.2 Å². The van der Waals surface area contributed by atoms with Crippen molar-refractivity contribution in [1.29, 1.82) is 0 Å². The second kappa shape index (κ2) is 7.37. The standard InChI is InChI=1S/C14H20N2O4/c1-4-12(13(17)18)15-14(19)16(2)9-10-5-7-11(20-3)8-6-10/h5-8,12H,4,9H2,1-3H3,(H,15,19)(H,17,18)/t12-/m1/s1. The average Bonchev–Trinajstić information content (AvgIpc) is 2.44. The Kier molecular flexibility index (Phi) is 5.83. The summed E-state index contributed by atoms with van der Waals surface area (Å²) in [5.74, 6) is -0.281. The molecule has 6 heteroatoms. The Bertz CT molecular complexity index is 459.